The van der Waals surface area contributed by atoms with Crippen LogP contribution in [0.15, 0.2) is 24.3 Å². The number of nitrogens with one attached hydrogen (secondary N) is 1. The van der Waals surface area contributed by atoms with Crippen molar-refractivity contribution < 1.29 is 14.3 Å². The van der Waals surface area contributed by atoms with Crippen molar-refractivity contribution in [1.82, 2.24) is 10.2 Å². The normalized spacial score (nSPS) is 20.8. The quantitative estimate of drug-likeness (QED) is 0.902. The molecule has 1 aromatic carbocycles. The van der Waals surface area contributed by atoms with Gasteiger partial charge in [-0.05, 0) is 37.5 Å². The van der Waals surface area contributed by atoms with Gasteiger partial charge in [-0.1, -0.05) is 26.0 Å². The van der Waals surface area contributed by atoms with Gasteiger partial charge in [0.1, 0.15) is 5.75 Å². The molecule has 132 valence electrons. The Morgan fingerprint density at radius 1 is 1.38 bits per heavy atom. The lowest BCUT2D eigenvalue weighted by molar-refractivity contribution is -0.142. The molecule has 1 N–H and O–H groups in total. The van der Waals surface area contributed by atoms with Crippen molar-refractivity contribution in [3.8, 4) is 5.75 Å². The first kappa shape index (κ1) is 18.3. The topological polar surface area (TPSA) is 58.6 Å². The Balaban J connectivity index is 1.98. The van der Waals surface area contributed by atoms with Crippen molar-refractivity contribution in [3.63, 3.8) is 0 Å². The van der Waals surface area contributed by atoms with Crippen LogP contribution in [0.1, 0.15) is 39.2 Å². The number of rotatable bonds is 5. The van der Waals surface area contributed by atoms with E-state index in [4.69, 9.17) is 4.74 Å². The van der Waals surface area contributed by atoms with Gasteiger partial charge in [-0.25, -0.2) is 0 Å². The minimum absolute atomic E-state index is 0.00609. The third-order valence-corrected chi connectivity index (χ3v) is 4.64. The lowest BCUT2D eigenvalue weighted by Crippen LogP contribution is -2.52. The maximum atomic E-state index is 12.7. The molecule has 1 atom stereocenters. The molecule has 2 rings (SSSR count). The molecule has 0 unspecified atom stereocenters. The zero-order valence-corrected chi connectivity index (χ0v) is 15.1. The second-order valence-electron chi connectivity index (χ2n) is 7.11. The summed E-state index contributed by atoms with van der Waals surface area (Å²) in [5, 5.41) is 3.02. The van der Waals surface area contributed by atoms with Gasteiger partial charge in [-0.3, -0.25) is 9.59 Å². The number of piperidine rings is 1. The van der Waals surface area contributed by atoms with Crippen LogP contribution < -0.4 is 10.1 Å². The molecule has 1 fully saturated rings. The van der Waals surface area contributed by atoms with Gasteiger partial charge in [-0.15, -0.1) is 0 Å². The van der Waals surface area contributed by atoms with Crippen molar-refractivity contribution in [2.75, 3.05) is 20.2 Å². The number of amides is 2. The Labute approximate surface area is 144 Å². The van der Waals surface area contributed by atoms with Crippen LogP contribution in [0, 0.1) is 11.3 Å². The van der Waals surface area contributed by atoms with E-state index in [1.165, 1.54) is 0 Å². The molecular formula is C19H28N2O3. The van der Waals surface area contributed by atoms with E-state index < -0.39 is 5.41 Å². The number of hydrogen-bond acceptors (Lipinski definition) is 3. The molecule has 5 nitrogen and oxygen atoms in total. The molecule has 5 heteroatoms. The zero-order chi connectivity index (χ0) is 17.7. The van der Waals surface area contributed by atoms with Crippen LogP contribution in [0.4, 0.5) is 0 Å². The number of benzene rings is 1. The van der Waals surface area contributed by atoms with Crippen LogP contribution in [-0.4, -0.2) is 36.9 Å². The van der Waals surface area contributed by atoms with E-state index in [0.29, 0.717) is 13.1 Å². The van der Waals surface area contributed by atoms with Gasteiger partial charge in [0.25, 0.3) is 0 Å². The standard InChI is InChI=1S/C19H28N2O3/c1-14(2)17(22)21-10-6-9-19(3,13-21)18(23)20-12-15-7-5-8-16(11-15)24-4/h5,7-8,11,14H,6,9-10,12-13H2,1-4H3,(H,20,23)/t19-/m1/s1. The van der Waals surface area contributed by atoms with Crippen LogP contribution in [0.2, 0.25) is 0 Å². The van der Waals surface area contributed by atoms with E-state index in [-0.39, 0.29) is 17.7 Å². The van der Waals surface area contributed by atoms with Crippen LogP contribution in [-0.2, 0) is 16.1 Å². The predicted molar refractivity (Wildman–Crippen MR) is 93.6 cm³/mol. The molecule has 0 aromatic heterocycles. The summed E-state index contributed by atoms with van der Waals surface area (Å²) in [5.41, 5.74) is 0.471. The average Bonchev–Trinajstić information content (AvgIpc) is 2.59. The number of carbonyl (C=O) groups excluding carboxylic acids is 2. The largest absolute Gasteiger partial charge is 0.497 e. The molecule has 1 aliphatic rings. The molecule has 0 spiro atoms. The number of nitrogens with zero attached hydrogens (tertiary/aromatic N) is 1. The Kier molecular flexibility index (Phi) is 5.86. The van der Waals surface area contributed by atoms with Gasteiger partial charge in [-0.2, -0.15) is 0 Å². The molecule has 0 bridgehead atoms. The maximum Gasteiger partial charge on any atom is 0.227 e. The SMILES string of the molecule is COc1cccc(CNC(=O)[C@]2(C)CCCN(C(=O)C(C)C)C2)c1. The highest BCUT2D eigenvalue weighted by Crippen LogP contribution is 2.30. The molecule has 0 radical (unpaired) electrons. The fourth-order valence-corrected chi connectivity index (χ4v) is 3.16. The molecule has 1 heterocycles. The van der Waals surface area contributed by atoms with Crippen LogP contribution in [0.25, 0.3) is 0 Å². The van der Waals surface area contributed by atoms with Crippen molar-refractivity contribution >= 4 is 11.8 Å². The second kappa shape index (κ2) is 7.69. The molecule has 24 heavy (non-hydrogen) atoms. The van der Waals surface area contributed by atoms with Gasteiger partial charge in [0, 0.05) is 25.6 Å². The Hall–Kier alpha value is -2.04. The van der Waals surface area contributed by atoms with Crippen molar-refractivity contribution in [1.29, 1.82) is 0 Å². The number of likely N-dealkylation sites (tertiary alicyclic amines) is 1. The molecule has 1 aromatic rings. The maximum absolute atomic E-state index is 12.7. The highest BCUT2D eigenvalue weighted by atomic mass is 16.5. The monoisotopic (exact) mass is 332 g/mol. The second-order valence-corrected chi connectivity index (χ2v) is 7.11. The molecule has 1 aliphatic heterocycles. The van der Waals surface area contributed by atoms with E-state index in [0.717, 1.165) is 30.7 Å². The van der Waals surface area contributed by atoms with Crippen LogP contribution in [0.5, 0.6) is 5.75 Å². The minimum Gasteiger partial charge on any atom is -0.497 e. The van der Waals surface area contributed by atoms with E-state index in [1.54, 1.807) is 7.11 Å². The summed E-state index contributed by atoms with van der Waals surface area (Å²) in [6, 6.07) is 7.66. The van der Waals surface area contributed by atoms with Gasteiger partial charge in [0.15, 0.2) is 0 Å². The van der Waals surface area contributed by atoms with E-state index in [9.17, 15) is 9.59 Å². The van der Waals surface area contributed by atoms with Crippen LogP contribution >= 0.6 is 0 Å². The van der Waals surface area contributed by atoms with Crippen molar-refractivity contribution in [2.45, 2.75) is 40.2 Å². The summed E-state index contributed by atoms with van der Waals surface area (Å²) in [6.45, 7) is 7.45. The lowest BCUT2D eigenvalue weighted by Gasteiger charge is -2.40. The fourth-order valence-electron chi connectivity index (χ4n) is 3.16. The van der Waals surface area contributed by atoms with Crippen molar-refractivity contribution in [2.24, 2.45) is 11.3 Å². The average molecular weight is 332 g/mol. The molecule has 1 saturated heterocycles. The summed E-state index contributed by atoms with van der Waals surface area (Å²) < 4.78 is 5.20. The minimum atomic E-state index is -0.526. The zero-order valence-electron chi connectivity index (χ0n) is 15.1. The van der Waals surface area contributed by atoms with Gasteiger partial charge >= 0.3 is 0 Å². The van der Waals surface area contributed by atoms with E-state index >= 15 is 0 Å². The first-order valence-electron chi connectivity index (χ1n) is 8.56. The Morgan fingerprint density at radius 3 is 2.79 bits per heavy atom. The molecule has 0 aliphatic carbocycles. The number of hydrogen-bond donors (Lipinski definition) is 1. The van der Waals surface area contributed by atoms with Gasteiger partial charge in [0.2, 0.25) is 11.8 Å². The smallest absolute Gasteiger partial charge is 0.227 e. The Bertz CT molecular complexity index is 600. The Morgan fingerprint density at radius 2 is 2.12 bits per heavy atom. The highest BCUT2D eigenvalue weighted by Gasteiger charge is 2.39. The summed E-state index contributed by atoms with van der Waals surface area (Å²) in [7, 11) is 1.63. The first-order chi connectivity index (χ1) is 11.4. The number of carbonyl (C=O) groups is 2. The summed E-state index contributed by atoms with van der Waals surface area (Å²) in [6.07, 6.45) is 1.67. The van der Waals surface area contributed by atoms with E-state index in [2.05, 4.69) is 5.32 Å². The van der Waals surface area contributed by atoms with Gasteiger partial charge < -0.3 is 15.0 Å². The third-order valence-electron chi connectivity index (χ3n) is 4.64. The highest BCUT2D eigenvalue weighted by molar-refractivity contribution is 5.84. The summed E-state index contributed by atoms with van der Waals surface area (Å²) in [4.78, 5) is 26.8. The third kappa shape index (κ3) is 4.28. The number of ether oxygens (including phenoxy) is 1. The summed E-state index contributed by atoms with van der Waals surface area (Å²) in [5.74, 6) is 0.875. The summed E-state index contributed by atoms with van der Waals surface area (Å²) >= 11 is 0. The van der Waals surface area contributed by atoms with Crippen molar-refractivity contribution in [3.05, 3.63) is 29.8 Å². The first-order valence-corrected chi connectivity index (χ1v) is 8.56. The lowest BCUT2D eigenvalue weighted by atomic mass is 9.80. The fraction of sp³-hybridized carbons (Fsp3) is 0.579. The molecule has 0 saturated carbocycles. The molecular weight excluding hydrogens is 304 g/mol. The predicted octanol–water partition coefficient (Wildman–Crippen LogP) is 2.60. The van der Waals surface area contributed by atoms with E-state index in [1.807, 2.05) is 49.9 Å². The van der Waals surface area contributed by atoms with Gasteiger partial charge in [0.05, 0.1) is 12.5 Å². The molecule has 2 amide bonds. The van der Waals surface area contributed by atoms with Crippen LogP contribution in [0.3, 0.4) is 0 Å². The number of methoxy groups -OCH3 is 1.